The van der Waals surface area contributed by atoms with Crippen molar-refractivity contribution in [1.29, 1.82) is 0 Å². The molecule has 8 aromatic carbocycles. The molecule has 4 nitrogen and oxygen atoms in total. The van der Waals surface area contributed by atoms with Gasteiger partial charge < -0.3 is 8.98 Å². The van der Waals surface area contributed by atoms with Crippen LogP contribution in [0.3, 0.4) is 0 Å². The van der Waals surface area contributed by atoms with Crippen molar-refractivity contribution in [3.8, 4) is 11.4 Å². The zero-order valence-electron chi connectivity index (χ0n) is 31.5. The van der Waals surface area contributed by atoms with Gasteiger partial charge in [-0.05, 0) is 81.4 Å². The van der Waals surface area contributed by atoms with Crippen molar-refractivity contribution in [2.45, 2.75) is 0 Å². The SMILES string of the molecule is c1ccc([Si](c2ccccc2)(c2ccc(-n3c4ccccc4c4cccnc43)cc2)c2cccc(-n3c4ccccc4c4ccc5c6ccccc6oc5c43)c2)cc1. The van der Waals surface area contributed by atoms with Crippen molar-refractivity contribution in [3.63, 3.8) is 0 Å². The minimum Gasteiger partial charge on any atom is -0.454 e. The highest BCUT2D eigenvalue weighted by Crippen LogP contribution is 2.40. The molecule has 5 heteroatoms. The van der Waals surface area contributed by atoms with Gasteiger partial charge in [0.25, 0.3) is 0 Å². The van der Waals surface area contributed by atoms with Crippen LogP contribution in [0.5, 0.6) is 0 Å². The van der Waals surface area contributed by atoms with Crippen LogP contribution in [-0.4, -0.2) is 22.2 Å². The molecule has 0 saturated heterocycles. The maximum absolute atomic E-state index is 6.74. The van der Waals surface area contributed by atoms with E-state index in [2.05, 4.69) is 203 Å². The van der Waals surface area contributed by atoms with Crippen LogP contribution in [0.25, 0.3) is 77.1 Å². The molecule has 0 spiro atoms. The van der Waals surface area contributed by atoms with Crippen molar-refractivity contribution in [1.82, 2.24) is 14.1 Å². The molecule has 0 bridgehead atoms. The highest BCUT2D eigenvalue weighted by Gasteiger charge is 2.41. The second-order valence-electron chi connectivity index (χ2n) is 15.1. The Hall–Kier alpha value is -7.47. The molecule has 4 aromatic heterocycles. The summed E-state index contributed by atoms with van der Waals surface area (Å²) in [5.41, 5.74) is 8.35. The second-order valence-corrected chi connectivity index (χ2v) is 18.9. The summed E-state index contributed by atoms with van der Waals surface area (Å²) < 4.78 is 11.5. The standard InChI is InChI=1S/C53H35N3OSi/c1-3-16-38(17-4-1)58(39-18-5-2-6-19-39,40-30-28-36(29-31-40)56-49-26-11-8-22-43(49)47-24-14-34-54-53(47)56)41-20-13-15-37(35-41)55-48-25-10-7-21-42(48)45-32-33-46-44-23-9-12-27-50(44)57-52(46)51(45)55/h1-35H. The molecular weight excluding hydrogens is 723 g/mol. The molecule has 0 saturated carbocycles. The van der Waals surface area contributed by atoms with E-state index in [4.69, 9.17) is 9.40 Å². The molecule has 0 atom stereocenters. The lowest BCUT2D eigenvalue weighted by Gasteiger charge is -2.35. The Bertz CT molecular complexity index is 3420. The van der Waals surface area contributed by atoms with Gasteiger partial charge in [0.15, 0.2) is 13.7 Å². The van der Waals surface area contributed by atoms with Crippen LogP contribution in [0.2, 0.25) is 0 Å². The largest absolute Gasteiger partial charge is 0.454 e. The lowest BCUT2D eigenvalue weighted by molar-refractivity contribution is 0.671. The number of furan rings is 1. The van der Waals surface area contributed by atoms with Crippen molar-refractivity contribution >= 4 is 94.5 Å². The molecule has 0 N–H and O–H groups in total. The van der Waals surface area contributed by atoms with Crippen LogP contribution in [0.4, 0.5) is 0 Å². The summed E-state index contributed by atoms with van der Waals surface area (Å²) in [6.07, 6.45) is 1.89. The zero-order valence-corrected chi connectivity index (χ0v) is 32.5. The third kappa shape index (κ3) is 4.65. The van der Waals surface area contributed by atoms with Crippen molar-refractivity contribution < 1.29 is 4.42 Å². The highest BCUT2D eigenvalue weighted by molar-refractivity contribution is 7.19. The van der Waals surface area contributed by atoms with Gasteiger partial charge in [0.05, 0.1) is 16.6 Å². The Morgan fingerprint density at radius 2 is 0.948 bits per heavy atom. The predicted octanol–water partition coefficient (Wildman–Crippen LogP) is 10.6. The van der Waals surface area contributed by atoms with Gasteiger partial charge in [-0.15, -0.1) is 0 Å². The van der Waals surface area contributed by atoms with E-state index in [-0.39, 0.29) is 0 Å². The molecule has 0 unspecified atom stereocenters. The summed E-state index contributed by atoms with van der Waals surface area (Å²) in [4.78, 5) is 4.88. The molecule has 4 heterocycles. The molecule has 0 amide bonds. The fourth-order valence-corrected chi connectivity index (χ4v) is 14.4. The van der Waals surface area contributed by atoms with Gasteiger partial charge in [-0.1, -0.05) is 146 Å². The number of aromatic nitrogens is 3. The van der Waals surface area contributed by atoms with E-state index in [1.165, 1.54) is 36.9 Å². The van der Waals surface area contributed by atoms with Crippen LogP contribution in [0, 0.1) is 0 Å². The molecule has 12 aromatic rings. The van der Waals surface area contributed by atoms with E-state index in [9.17, 15) is 0 Å². The lowest BCUT2D eigenvalue weighted by atomic mass is 10.1. The average Bonchev–Trinajstić information content (AvgIpc) is 3.96. The number of pyridine rings is 1. The molecule has 12 rings (SSSR count). The number of para-hydroxylation sites is 3. The quantitative estimate of drug-likeness (QED) is 0.125. The van der Waals surface area contributed by atoms with E-state index >= 15 is 0 Å². The first-order valence-corrected chi connectivity index (χ1v) is 21.8. The first-order chi connectivity index (χ1) is 28.8. The number of rotatable bonds is 6. The molecule has 0 aliphatic rings. The van der Waals surface area contributed by atoms with Gasteiger partial charge in [-0.2, -0.15) is 0 Å². The van der Waals surface area contributed by atoms with Crippen molar-refractivity contribution in [2.75, 3.05) is 0 Å². The summed E-state index contributed by atoms with van der Waals surface area (Å²) >= 11 is 0. The lowest BCUT2D eigenvalue weighted by Crippen LogP contribution is -2.74. The van der Waals surface area contributed by atoms with E-state index in [0.717, 1.165) is 60.9 Å². The Morgan fingerprint density at radius 1 is 0.379 bits per heavy atom. The summed E-state index contributed by atoms with van der Waals surface area (Å²) in [5.74, 6) is 0. The summed E-state index contributed by atoms with van der Waals surface area (Å²) in [5, 5.41) is 12.3. The van der Waals surface area contributed by atoms with Gasteiger partial charge in [0.1, 0.15) is 11.2 Å². The molecule has 0 aliphatic heterocycles. The van der Waals surface area contributed by atoms with Gasteiger partial charge in [-0.3, -0.25) is 4.57 Å². The smallest absolute Gasteiger partial charge is 0.179 e. The van der Waals surface area contributed by atoms with Crippen molar-refractivity contribution in [2.24, 2.45) is 0 Å². The first-order valence-electron chi connectivity index (χ1n) is 19.8. The molecule has 0 radical (unpaired) electrons. The third-order valence-electron chi connectivity index (χ3n) is 12.1. The maximum Gasteiger partial charge on any atom is 0.179 e. The van der Waals surface area contributed by atoms with Gasteiger partial charge >= 0.3 is 0 Å². The Morgan fingerprint density at radius 3 is 1.69 bits per heavy atom. The fourth-order valence-electron chi connectivity index (χ4n) is 9.67. The average molecular weight is 758 g/mol. The fraction of sp³-hybridized carbons (Fsp3) is 0. The molecule has 58 heavy (non-hydrogen) atoms. The number of hydrogen-bond donors (Lipinski definition) is 0. The zero-order chi connectivity index (χ0) is 38.2. The van der Waals surface area contributed by atoms with Crippen LogP contribution >= 0.6 is 0 Å². The monoisotopic (exact) mass is 757 g/mol. The first kappa shape index (κ1) is 32.7. The summed E-state index contributed by atoms with van der Waals surface area (Å²) in [6.45, 7) is 0. The van der Waals surface area contributed by atoms with Crippen LogP contribution < -0.4 is 20.7 Å². The minimum absolute atomic E-state index is 0.898. The normalized spacial score (nSPS) is 12.1. The highest BCUT2D eigenvalue weighted by atomic mass is 28.3. The number of benzene rings is 8. The number of hydrogen-bond acceptors (Lipinski definition) is 2. The van der Waals surface area contributed by atoms with Crippen molar-refractivity contribution in [3.05, 3.63) is 212 Å². The van der Waals surface area contributed by atoms with E-state index in [1.54, 1.807) is 0 Å². The van der Waals surface area contributed by atoms with Crippen LogP contribution in [-0.2, 0) is 0 Å². The molecule has 272 valence electrons. The molecular formula is C53H35N3OSi. The predicted molar refractivity (Wildman–Crippen MR) is 244 cm³/mol. The van der Waals surface area contributed by atoms with E-state index in [1.807, 2.05) is 18.3 Å². The topological polar surface area (TPSA) is 35.9 Å². The Labute approximate surface area is 335 Å². The van der Waals surface area contributed by atoms with Crippen LogP contribution in [0.15, 0.2) is 217 Å². The second kappa shape index (κ2) is 12.8. The van der Waals surface area contributed by atoms with Crippen LogP contribution in [0.1, 0.15) is 0 Å². The Kier molecular flexibility index (Phi) is 7.21. The molecule has 0 fully saturated rings. The Balaban J connectivity index is 1.13. The van der Waals surface area contributed by atoms with Gasteiger partial charge in [0.2, 0.25) is 0 Å². The number of nitrogens with zero attached hydrogens (tertiary/aromatic N) is 3. The van der Waals surface area contributed by atoms with Gasteiger partial charge in [0, 0.05) is 49.9 Å². The third-order valence-corrected chi connectivity index (χ3v) is 16.9. The summed E-state index contributed by atoms with van der Waals surface area (Å²) in [6, 6.07) is 75.3. The number of fused-ring (bicyclic) bond motifs is 10. The van der Waals surface area contributed by atoms with E-state index in [0.29, 0.717) is 0 Å². The summed E-state index contributed by atoms with van der Waals surface area (Å²) in [7, 11) is -2.94. The maximum atomic E-state index is 6.74. The van der Waals surface area contributed by atoms with Gasteiger partial charge in [-0.25, -0.2) is 4.98 Å². The minimum atomic E-state index is -2.94. The van der Waals surface area contributed by atoms with E-state index < -0.39 is 8.07 Å². The molecule has 0 aliphatic carbocycles.